The molecule has 3 aromatic rings. The van der Waals surface area contributed by atoms with Gasteiger partial charge in [-0.3, -0.25) is 14.2 Å². The van der Waals surface area contributed by atoms with Crippen LogP contribution in [-0.4, -0.2) is 32.3 Å². The minimum atomic E-state index is -0.866. The fraction of sp³-hybridized carbons (Fsp3) is 0.158. The quantitative estimate of drug-likeness (QED) is 0.610. The van der Waals surface area contributed by atoms with Crippen molar-refractivity contribution in [3.63, 3.8) is 0 Å². The molecule has 0 saturated carbocycles. The summed E-state index contributed by atoms with van der Waals surface area (Å²) in [7, 11) is 0. The molecule has 0 bridgehead atoms. The van der Waals surface area contributed by atoms with Gasteiger partial charge in [0, 0.05) is 5.69 Å². The van der Waals surface area contributed by atoms with Crippen molar-refractivity contribution in [2.45, 2.75) is 18.1 Å². The molecule has 0 radical (unpaired) electrons. The van der Waals surface area contributed by atoms with Gasteiger partial charge in [-0.1, -0.05) is 59.8 Å². The van der Waals surface area contributed by atoms with E-state index in [2.05, 4.69) is 15.5 Å². The second-order valence-electron chi connectivity index (χ2n) is 5.92. The minimum Gasteiger partial charge on any atom is -0.368 e. The number of nitrogens with one attached hydrogen (secondary N) is 1. The third-order valence-corrected chi connectivity index (χ3v) is 4.83. The lowest BCUT2D eigenvalue weighted by Gasteiger charge is -2.15. The Balaban J connectivity index is 1.65. The number of hydrogen-bond donors (Lipinski definition) is 2. The third kappa shape index (κ3) is 4.73. The van der Waals surface area contributed by atoms with E-state index in [1.54, 1.807) is 35.2 Å². The van der Waals surface area contributed by atoms with Gasteiger partial charge in [-0.05, 0) is 24.6 Å². The SMILES string of the molecule is Cc1ccc(-n2cnnc2SCC(=O)NC(C(N)=O)c2ccccc2)cc1. The Morgan fingerprint density at radius 1 is 1.15 bits per heavy atom. The number of rotatable bonds is 7. The number of aromatic nitrogens is 3. The number of benzene rings is 2. The Morgan fingerprint density at radius 2 is 1.85 bits per heavy atom. The molecule has 0 fully saturated rings. The highest BCUT2D eigenvalue weighted by molar-refractivity contribution is 7.99. The first-order chi connectivity index (χ1) is 13.0. The lowest BCUT2D eigenvalue weighted by molar-refractivity contribution is -0.126. The second kappa shape index (κ2) is 8.50. The van der Waals surface area contributed by atoms with Crippen molar-refractivity contribution in [2.75, 3.05) is 5.75 Å². The van der Waals surface area contributed by atoms with Gasteiger partial charge in [-0.2, -0.15) is 0 Å². The molecule has 2 aromatic carbocycles. The Hall–Kier alpha value is -3.13. The molecule has 138 valence electrons. The molecule has 0 spiro atoms. The summed E-state index contributed by atoms with van der Waals surface area (Å²) in [4.78, 5) is 24.0. The Kier molecular flexibility index (Phi) is 5.87. The van der Waals surface area contributed by atoms with Crippen LogP contribution in [0.1, 0.15) is 17.2 Å². The van der Waals surface area contributed by atoms with Crippen molar-refractivity contribution >= 4 is 23.6 Å². The van der Waals surface area contributed by atoms with Crippen LogP contribution in [0.15, 0.2) is 66.1 Å². The molecule has 0 aliphatic heterocycles. The van der Waals surface area contributed by atoms with E-state index in [0.717, 1.165) is 11.3 Å². The van der Waals surface area contributed by atoms with Gasteiger partial charge in [0.25, 0.3) is 0 Å². The van der Waals surface area contributed by atoms with Crippen LogP contribution in [0.2, 0.25) is 0 Å². The maximum Gasteiger partial charge on any atom is 0.244 e. The molecule has 1 unspecified atom stereocenters. The molecule has 0 aliphatic carbocycles. The molecule has 2 amide bonds. The van der Waals surface area contributed by atoms with Gasteiger partial charge in [-0.15, -0.1) is 10.2 Å². The summed E-state index contributed by atoms with van der Waals surface area (Å²) >= 11 is 1.23. The van der Waals surface area contributed by atoms with E-state index in [4.69, 9.17) is 5.73 Å². The summed E-state index contributed by atoms with van der Waals surface area (Å²) in [5, 5.41) is 11.2. The van der Waals surface area contributed by atoms with Gasteiger partial charge in [-0.25, -0.2) is 0 Å². The van der Waals surface area contributed by atoms with E-state index in [0.29, 0.717) is 10.7 Å². The van der Waals surface area contributed by atoms with E-state index in [1.807, 2.05) is 37.3 Å². The number of nitrogens with two attached hydrogens (primary N) is 1. The number of nitrogens with zero attached hydrogens (tertiary/aromatic N) is 3. The van der Waals surface area contributed by atoms with E-state index >= 15 is 0 Å². The maximum absolute atomic E-state index is 12.3. The van der Waals surface area contributed by atoms with Crippen molar-refractivity contribution in [3.05, 3.63) is 72.1 Å². The first-order valence-electron chi connectivity index (χ1n) is 8.28. The van der Waals surface area contributed by atoms with Crippen molar-refractivity contribution in [3.8, 4) is 5.69 Å². The van der Waals surface area contributed by atoms with Gasteiger partial charge in [0.15, 0.2) is 5.16 Å². The molecular weight excluding hydrogens is 362 g/mol. The van der Waals surface area contributed by atoms with Gasteiger partial charge in [0.1, 0.15) is 12.4 Å². The Morgan fingerprint density at radius 3 is 2.52 bits per heavy atom. The van der Waals surface area contributed by atoms with Crippen molar-refractivity contribution < 1.29 is 9.59 Å². The summed E-state index contributed by atoms with van der Waals surface area (Å²) in [5.41, 5.74) is 8.14. The number of aryl methyl sites for hydroxylation is 1. The molecule has 0 aliphatic rings. The molecule has 0 saturated heterocycles. The number of primary amides is 1. The number of hydrogen-bond acceptors (Lipinski definition) is 5. The molecule has 3 rings (SSSR count). The average molecular weight is 381 g/mol. The summed E-state index contributed by atoms with van der Waals surface area (Å²) in [6, 6.07) is 15.9. The van der Waals surface area contributed by atoms with Crippen LogP contribution >= 0.6 is 11.8 Å². The van der Waals surface area contributed by atoms with E-state index in [9.17, 15) is 9.59 Å². The minimum absolute atomic E-state index is 0.0845. The van der Waals surface area contributed by atoms with Gasteiger partial charge < -0.3 is 11.1 Å². The fourth-order valence-electron chi connectivity index (χ4n) is 2.50. The normalized spacial score (nSPS) is 11.7. The van der Waals surface area contributed by atoms with Crippen molar-refractivity contribution in [1.29, 1.82) is 0 Å². The standard InChI is InChI=1S/C19H19N5O2S/c1-13-7-9-15(10-8-13)24-12-21-23-19(24)27-11-16(25)22-17(18(20)26)14-5-3-2-4-6-14/h2-10,12,17H,11H2,1H3,(H2,20,26)(H,22,25). The highest BCUT2D eigenvalue weighted by Crippen LogP contribution is 2.20. The summed E-state index contributed by atoms with van der Waals surface area (Å²) in [6.45, 7) is 2.01. The van der Waals surface area contributed by atoms with E-state index < -0.39 is 11.9 Å². The number of carbonyl (C=O) groups is 2. The molecule has 1 heterocycles. The highest BCUT2D eigenvalue weighted by atomic mass is 32.2. The third-order valence-electron chi connectivity index (χ3n) is 3.88. The number of amides is 2. The van der Waals surface area contributed by atoms with Crippen molar-refractivity contribution in [1.82, 2.24) is 20.1 Å². The van der Waals surface area contributed by atoms with Gasteiger partial charge in [0.2, 0.25) is 11.8 Å². The largest absolute Gasteiger partial charge is 0.368 e. The van der Waals surface area contributed by atoms with Gasteiger partial charge >= 0.3 is 0 Å². The van der Waals surface area contributed by atoms with E-state index in [1.165, 1.54) is 11.8 Å². The zero-order valence-electron chi connectivity index (χ0n) is 14.7. The van der Waals surface area contributed by atoms with Crippen LogP contribution in [0.4, 0.5) is 0 Å². The number of thioether (sulfide) groups is 1. The topological polar surface area (TPSA) is 103 Å². The number of carbonyl (C=O) groups excluding carboxylic acids is 2. The maximum atomic E-state index is 12.3. The Labute approximate surface area is 161 Å². The first kappa shape index (κ1) is 18.7. The fourth-order valence-corrected chi connectivity index (χ4v) is 3.24. The molecular formula is C19H19N5O2S. The molecule has 27 heavy (non-hydrogen) atoms. The van der Waals surface area contributed by atoms with Crippen molar-refractivity contribution in [2.24, 2.45) is 5.73 Å². The monoisotopic (exact) mass is 381 g/mol. The predicted molar refractivity (Wildman–Crippen MR) is 103 cm³/mol. The molecule has 1 atom stereocenters. The molecule has 3 N–H and O–H groups in total. The Bertz CT molecular complexity index is 925. The molecule has 1 aromatic heterocycles. The summed E-state index contributed by atoms with van der Waals surface area (Å²) in [6.07, 6.45) is 1.60. The first-order valence-corrected chi connectivity index (χ1v) is 9.26. The van der Waals surface area contributed by atoms with Crippen LogP contribution in [-0.2, 0) is 9.59 Å². The lowest BCUT2D eigenvalue weighted by atomic mass is 10.1. The van der Waals surface area contributed by atoms with Crippen LogP contribution in [0.5, 0.6) is 0 Å². The molecule has 7 nitrogen and oxygen atoms in total. The highest BCUT2D eigenvalue weighted by Gasteiger charge is 2.20. The van der Waals surface area contributed by atoms with Crippen LogP contribution in [0.3, 0.4) is 0 Å². The average Bonchev–Trinajstić information content (AvgIpc) is 3.14. The van der Waals surface area contributed by atoms with E-state index in [-0.39, 0.29) is 11.7 Å². The zero-order chi connectivity index (χ0) is 19.2. The molecule has 8 heteroatoms. The van der Waals surface area contributed by atoms with Gasteiger partial charge in [0.05, 0.1) is 5.75 Å². The lowest BCUT2D eigenvalue weighted by Crippen LogP contribution is -2.38. The van der Waals surface area contributed by atoms with Crippen LogP contribution < -0.4 is 11.1 Å². The smallest absolute Gasteiger partial charge is 0.244 e. The zero-order valence-corrected chi connectivity index (χ0v) is 15.5. The van der Waals surface area contributed by atoms with Crippen LogP contribution in [0, 0.1) is 6.92 Å². The second-order valence-corrected chi connectivity index (χ2v) is 6.86. The summed E-state index contributed by atoms with van der Waals surface area (Å²) in [5.74, 6) is -0.838. The predicted octanol–water partition coefficient (Wildman–Crippen LogP) is 2.01. The summed E-state index contributed by atoms with van der Waals surface area (Å²) < 4.78 is 1.81. The van der Waals surface area contributed by atoms with Crippen LogP contribution in [0.25, 0.3) is 5.69 Å².